The highest BCUT2D eigenvalue weighted by molar-refractivity contribution is 5.04. The molecule has 0 spiro atoms. The Bertz CT molecular complexity index is 342. The van der Waals surface area contributed by atoms with E-state index >= 15 is 0 Å². The summed E-state index contributed by atoms with van der Waals surface area (Å²) in [7, 11) is 0. The van der Waals surface area contributed by atoms with Gasteiger partial charge in [0, 0.05) is 18.4 Å². The molecule has 1 aliphatic carbocycles. The number of hydrogen-bond donors (Lipinski definition) is 1. The number of hydrogen-bond acceptors (Lipinski definition) is 5. The first-order chi connectivity index (χ1) is 7.34. The number of aromatic nitrogens is 2. The van der Waals surface area contributed by atoms with E-state index in [4.69, 9.17) is 15.0 Å². The lowest BCUT2D eigenvalue weighted by Crippen LogP contribution is -2.22. The van der Waals surface area contributed by atoms with Crippen LogP contribution in [0.3, 0.4) is 0 Å². The number of ether oxygens (including phenoxy) is 1. The largest absolute Gasteiger partial charge is 0.381 e. The molecular formula is C10H15N3O2. The zero-order valence-electron chi connectivity index (χ0n) is 8.56. The highest BCUT2D eigenvalue weighted by Gasteiger charge is 2.32. The van der Waals surface area contributed by atoms with Gasteiger partial charge in [-0.1, -0.05) is 5.16 Å². The number of nitrogens with two attached hydrogens (primary N) is 1. The Morgan fingerprint density at radius 3 is 2.87 bits per heavy atom. The summed E-state index contributed by atoms with van der Waals surface area (Å²) in [6, 6.07) is -0.135. The highest BCUT2D eigenvalue weighted by atomic mass is 16.5. The molecule has 1 aliphatic heterocycles. The van der Waals surface area contributed by atoms with Crippen molar-refractivity contribution >= 4 is 0 Å². The molecule has 2 fully saturated rings. The second-order valence-corrected chi connectivity index (χ2v) is 4.41. The highest BCUT2D eigenvalue weighted by Crippen LogP contribution is 2.39. The summed E-state index contributed by atoms with van der Waals surface area (Å²) in [5.74, 6) is 2.25. The van der Waals surface area contributed by atoms with Crippen LogP contribution in [0.1, 0.15) is 42.9 Å². The average Bonchev–Trinajstić information content (AvgIpc) is 2.83. The van der Waals surface area contributed by atoms with Gasteiger partial charge in [-0.15, -0.1) is 0 Å². The van der Waals surface area contributed by atoms with Gasteiger partial charge in [0.2, 0.25) is 5.89 Å². The van der Waals surface area contributed by atoms with Gasteiger partial charge in [-0.25, -0.2) is 0 Å². The Kier molecular flexibility index (Phi) is 2.21. The molecule has 2 aliphatic rings. The zero-order chi connectivity index (χ0) is 10.3. The molecule has 1 saturated carbocycles. The topological polar surface area (TPSA) is 74.2 Å². The van der Waals surface area contributed by atoms with Crippen molar-refractivity contribution in [3.63, 3.8) is 0 Å². The van der Waals surface area contributed by atoms with Crippen LogP contribution in [-0.2, 0) is 4.74 Å². The molecule has 82 valence electrons. The maximum atomic E-state index is 6.07. The van der Waals surface area contributed by atoms with Crippen LogP contribution >= 0.6 is 0 Å². The van der Waals surface area contributed by atoms with Crippen LogP contribution in [0.2, 0.25) is 0 Å². The molecule has 5 heteroatoms. The van der Waals surface area contributed by atoms with Crippen LogP contribution in [-0.4, -0.2) is 23.4 Å². The van der Waals surface area contributed by atoms with E-state index in [0.29, 0.717) is 24.3 Å². The molecule has 1 aromatic heterocycles. The summed E-state index contributed by atoms with van der Waals surface area (Å²) in [5.41, 5.74) is 6.07. The van der Waals surface area contributed by atoms with Crippen molar-refractivity contribution in [2.24, 2.45) is 11.7 Å². The van der Waals surface area contributed by atoms with E-state index in [1.807, 2.05) is 0 Å². The fourth-order valence-electron chi connectivity index (χ4n) is 1.93. The summed E-state index contributed by atoms with van der Waals surface area (Å²) >= 11 is 0. The molecule has 2 unspecified atom stereocenters. The molecule has 0 bridgehead atoms. The predicted octanol–water partition coefficient (Wildman–Crippen LogP) is 0.983. The van der Waals surface area contributed by atoms with Gasteiger partial charge in [-0.2, -0.15) is 4.98 Å². The molecule has 0 aromatic carbocycles. The van der Waals surface area contributed by atoms with Gasteiger partial charge >= 0.3 is 0 Å². The standard InChI is InChI=1S/C10H15N3O2/c11-8(7-3-4-14-5-7)9-12-10(15-13-9)6-1-2-6/h6-8H,1-5,11H2. The van der Waals surface area contributed by atoms with Gasteiger partial charge in [0.05, 0.1) is 12.6 Å². The van der Waals surface area contributed by atoms with Crippen molar-refractivity contribution in [3.05, 3.63) is 11.7 Å². The zero-order valence-corrected chi connectivity index (χ0v) is 8.56. The van der Waals surface area contributed by atoms with Crippen LogP contribution in [0.15, 0.2) is 4.52 Å². The van der Waals surface area contributed by atoms with Crippen molar-refractivity contribution in [2.75, 3.05) is 13.2 Å². The summed E-state index contributed by atoms with van der Waals surface area (Å²) < 4.78 is 10.5. The molecule has 15 heavy (non-hydrogen) atoms. The van der Waals surface area contributed by atoms with E-state index in [1.165, 1.54) is 12.8 Å². The minimum absolute atomic E-state index is 0.135. The fraction of sp³-hybridized carbons (Fsp3) is 0.800. The van der Waals surface area contributed by atoms with Crippen LogP contribution in [0.25, 0.3) is 0 Å². The number of nitrogens with zero attached hydrogens (tertiary/aromatic N) is 2. The smallest absolute Gasteiger partial charge is 0.229 e. The van der Waals surface area contributed by atoms with Crippen molar-refractivity contribution in [3.8, 4) is 0 Å². The Morgan fingerprint density at radius 2 is 2.20 bits per heavy atom. The first-order valence-corrected chi connectivity index (χ1v) is 5.51. The van der Waals surface area contributed by atoms with Gasteiger partial charge in [0.25, 0.3) is 0 Å². The molecular weight excluding hydrogens is 194 g/mol. The van der Waals surface area contributed by atoms with E-state index < -0.39 is 0 Å². The van der Waals surface area contributed by atoms with Crippen molar-refractivity contribution in [1.29, 1.82) is 0 Å². The molecule has 2 heterocycles. The van der Waals surface area contributed by atoms with Crippen LogP contribution in [0.4, 0.5) is 0 Å². The molecule has 0 amide bonds. The monoisotopic (exact) mass is 209 g/mol. The third-order valence-corrected chi connectivity index (χ3v) is 3.15. The summed E-state index contributed by atoms with van der Waals surface area (Å²) in [4.78, 5) is 4.36. The SMILES string of the molecule is NC(c1noc(C2CC2)n1)C1CCOC1. The Morgan fingerprint density at radius 1 is 1.33 bits per heavy atom. The molecule has 5 nitrogen and oxygen atoms in total. The van der Waals surface area contributed by atoms with Crippen molar-refractivity contribution < 1.29 is 9.26 Å². The maximum Gasteiger partial charge on any atom is 0.229 e. The van der Waals surface area contributed by atoms with Crippen molar-refractivity contribution in [1.82, 2.24) is 10.1 Å². The van der Waals surface area contributed by atoms with E-state index in [2.05, 4.69) is 10.1 Å². The fourth-order valence-corrected chi connectivity index (χ4v) is 1.93. The van der Waals surface area contributed by atoms with E-state index in [1.54, 1.807) is 0 Å². The predicted molar refractivity (Wildman–Crippen MR) is 52.1 cm³/mol. The third-order valence-electron chi connectivity index (χ3n) is 3.15. The second kappa shape index (κ2) is 3.57. The molecule has 2 atom stereocenters. The average molecular weight is 209 g/mol. The third kappa shape index (κ3) is 1.77. The lowest BCUT2D eigenvalue weighted by atomic mass is 9.99. The second-order valence-electron chi connectivity index (χ2n) is 4.41. The quantitative estimate of drug-likeness (QED) is 0.803. The van der Waals surface area contributed by atoms with Crippen LogP contribution < -0.4 is 5.73 Å². The maximum absolute atomic E-state index is 6.07. The lowest BCUT2D eigenvalue weighted by Gasteiger charge is -2.12. The van der Waals surface area contributed by atoms with Gasteiger partial charge in [-0.3, -0.25) is 0 Å². The van der Waals surface area contributed by atoms with Crippen molar-refractivity contribution in [2.45, 2.75) is 31.2 Å². The Balaban J connectivity index is 1.72. The van der Waals surface area contributed by atoms with Gasteiger partial charge in [-0.05, 0) is 19.3 Å². The molecule has 2 N–H and O–H groups in total. The van der Waals surface area contributed by atoms with E-state index in [9.17, 15) is 0 Å². The van der Waals surface area contributed by atoms with Crippen LogP contribution in [0, 0.1) is 5.92 Å². The summed E-state index contributed by atoms with van der Waals surface area (Å²) in [6.45, 7) is 1.51. The van der Waals surface area contributed by atoms with Gasteiger partial charge in [0.15, 0.2) is 5.82 Å². The minimum atomic E-state index is -0.135. The van der Waals surface area contributed by atoms with Gasteiger partial charge in [0.1, 0.15) is 0 Å². The number of rotatable bonds is 3. The lowest BCUT2D eigenvalue weighted by molar-refractivity contribution is 0.179. The first-order valence-electron chi connectivity index (χ1n) is 5.51. The Labute approximate surface area is 88.0 Å². The Hall–Kier alpha value is -0.940. The molecule has 1 saturated heterocycles. The minimum Gasteiger partial charge on any atom is -0.381 e. The normalized spacial score (nSPS) is 28.2. The molecule has 0 radical (unpaired) electrons. The van der Waals surface area contributed by atoms with Crippen LogP contribution in [0.5, 0.6) is 0 Å². The molecule has 3 rings (SSSR count). The summed E-state index contributed by atoms with van der Waals surface area (Å²) in [5, 5.41) is 3.96. The van der Waals surface area contributed by atoms with Gasteiger partial charge < -0.3 is 15.0 Å². The van der Waals surface area contributed by atoms with E-state index in [0.717, 1.165) is 18.9 Å². The summed E-state index contributed by atoms with van der Waals surface area (Å²) in [6.07, 6.45) is 3.33. The first kappa shape index (κ1) is 9.30. The molecule has 1 aromatic rings. The van der Waals surface area contributed by atoms with E-state index in [-0.39, 0.29) is 6.04 Å².